The lowest BCUT2D eigenvalue weighted by Crippen LogP contribution is -2.21. The van der Waals surface area contributed by atoms with Gasteiger partial charge in [0.05, 0.1) is 17.1 Å². The van der Waals surface area contributed by atoms with Gasteiger partial charge in [-0.3, -0.25) is 4.79 Å². The van der Waals surface area contributed by atoms with Crippen molar-refractivity contribution in [3.63, 3.8) is 0 Å². The second-order valence-electron chi connectivity index (χ2n) is 5.93. The highest BCUT2D eigenvalue weighted by Crippen LogP contribution is 2.32. The third-order valence-corrected chi connectivity index (χ3v) is 5.07. The van der Waals surface area contributed by atoms with Crippen LogP contribution in [0.15, 0.2) is 18.2 Å². The number of sulfone groups is 1. The minimum atomic E-state index is -4.56. The third kappa shape index (κ3) is 8.55. The summed E-state index contributed by atoms with van der Waals surface area (Å²) in [5.41, 5.74) is 4.60. The van der Waals surface area contributed by atoms with Crippen LogP contribution in [0.2, 0.25) is 0 Å². The van der Waals surface area contributed by atoms with Gasteiger partial charge < -0.3 is 11.1 Å². The number of nitrogens with one attached hydrogen (secondary N) is 1. The lowest BCUT2D eigenvalue weighted by Gasteiger charge is -2.13. The van der Waals surface area contributed by atoms with Crippen LogP contribution in [0, 0.1) is 5.92 Å². The van der Waals surface area contributed by atoms with Gasteiger partial charge >= 0.3 is 6.18 Å². The molecule has 0 aliphatic carbocycles. The number of halogens is 4. The van der Waals surface area contributed by atoms with E-state index < -0.39 is 27.5 Å². The van der Waals surface area contributed by atoms with Gasteiger partial charge in [-0.05, 0) is 29.7 Å². The van der Waals surface area contributed by atoms with Gasteiger partial charge in [0.15, 0.2) is 9.84 Å². The second-order valence-corrected chi connectivity index (χ2v) is 8.16. The molecule has 1 amide bonds. The van der Waals surface area contributed by atoms with Crippen LogP contribution >= 0.6 is 12.4 Å². The van der Waals surface area contributed by atoms with E-state index in [1.54, 1.807) is 13.8 Å². The molecule has 0 fully saturated rings. The number of amides is 1. The molecule has 0 aliphatic rings. The molecule has 144 valence electrons. The Bertz CT molecular complexity index is 692. The molecule has 3 N–H and O–H groups in total. The van der Waals surface area contributed by atoms with Crippen LogP contribution in [-0.4, -0.2) is 25.8 Å². The number of anilines is 1. The molecule has 1 rings (SSSR count). The van der Waals surface area contributed by atoms with E-state index in [0.717, 1.165) is 12.1 Å². The summed E-state index contributed by atoms with van der Waals surface area (Å²) in [6.07, 6.45) is -4.88. The molecule has 0 radical (unpaired) electrons. The summed E-state index contributed by atoms with van der Waals surface area (Å²) in [6, 6.07) is 3.03. The van der Waals surface area contributed by atoms with Crippen LogP contribution in [0.3, 0.4) is 0 Å². The molecular formula is C15H22ClF3N2O3S. The van der Waals surface area contributed by atoms with E-state index in [0.29, 0.717) is 0 Å². The second kappa shape index (κ2) is 9.40. The van der Waals surface area contributed by atoms with Gasteiger partial charge in [-0.2, -0.15) is 13.2 Å². The van der Waals surface area contributed by atoms with Crippen molar-refractivity contribution in [2.75, 3.05) is 16.8 Å². The first kappa shape index (κ1) is 23.7. The highest BCUT2D eigenvalue weighted by Gasteiger charge is 2.31. The molecule has 0 aliphatic heterocycles. The largest absolute Gasteiger partial charge is 0.416 e. The number of hydrogen-bond acceptors (Lipinski definition) is 4. The van der Waals surface area contributed by atoms with Crippen LogP contribution in [0.5, 0.6) is 0 Å². The van der Waals surface area contributed by atoms with Crippen molar-refractivity contribution in [1.82, 2.24) is 0 Å². The van der Waals surface area contributed by atoms with Crippen molar-refractivity contribution in [2.45, 2.75) is 33.0 Å². The first-order valence-corrected chi connectivity index (χ1v) is 9.16. The normalized spacial score (nSPS) is 12.0. The Labute approximate surface area is 151 Å². The highest BCUT2D eigenvalue weighted by atomic mass is 35.5. The minimum Gasteiger partial charge on any atom is -0.326 e. The SMILES string of the molecule is CC(C)CS(=O)(=O)CCC(=O)Nc1cc(CN)cc(C(F)(F)F)c1.Cl. The van der Waals surface area contributed by atoms with Crippen molar-refractivity contribution in [3.05, 3.63) is 29.3 Å². The standard InChI is InChI=1S/C15H21F3N2O3S.ClH/c1-10(2)9-24(22,23)4-3-14(21)20-13-6-11(8-19)5-12(7-13)15(16,17)18;/h5-7,10H,3-4,8-9,19H2,1-2H3,(H,20,21);1H. The number of rotatable bonds is 7. The molecule has 25 heavy (non-hydrogen) atoms. The zero-order valence-electron chi connectivity index (χ0n) is 13.9. The van der Waals surface area contributed by atoms with Crippen molar-refractivity contribution in [2.24, 2.45) is 11.7 Å². The molecule has 0 atom stereocenters. The van der Waals surface area contributed by atoms with Crippen molar-refractivity contribution < 1.29 is 26.4 Å². The maximum atomic E-state index is 12.8. The maximum absolute atomic E-state index is 12.8. The Morgan fingerprint density at radius 2 is 1.84 bits per heavy atom. The summed E-state index contributed by atoms with van der Waals surface area (Å²) in [6.45, 7) is 3.37. The molecule has 0 saturated heterocycles. The zero-order chi connectivity index (χ0) is 18.5. The van der Waals surface area contributed by atoms with Crippen LogP contribution in [0.25, 0.3) is 0 Å². The minimum absolute atomic E-state index is 0. The van der Waals surface area contributed by atoms with Crippen molar-refractivity contribution in [1.29, 1.82) is 0 Å². The fourth-order valence-corrected chi connectivity index (χ4v) is 3.79. The zero-order valence-corrected chi connectivity index (χ0v) is 15.5. The van der Waals surface area contributed by atoms with Gasteiger partial charge in [0.25, 0.3) is 0 Å². The average molecular weight is 403 g/mol. The van der Waals surface area contributed by atoms with Crippen LogP contribution in [-0.2, 0) is 27.4 Å². The quantitative estimate of drug-likeness (QED) is 0.733. The molecule has 0 aromatic heterocycles. The number of nitrogens with two attached hydrogens (primary N) is 1. The summed E-state index contributed by atoms with van der Waals surface area (Å²) in [4.78, 5) is 11.8. The van der Waals surface area contributed by atoms with Gasteiger partial charge in [-0.25, -0.2) is 8.42 Å². The molecule has 0 spiro atoms. The van der Waals surface area contributed by atoms with Crippen LogP contribution < -0.4 is 11.1 Å². The number of alkyl halides is 3. The average Bonchev–Trinajstić information content (AvgIpc) is 2.42. The molecule has 0 heterocycles. The van der Waals surface area contributed by atoms with Gasteiger partial charge in [0.2, 0.25) is 5.91 Å². The number of carbonyl (C=O) groups excluding carboxylic acids is 1. The van der Waals surface area contributed by atoms with E-state index >= 15 is 0 Å². The number of benzene rings is 1. The van der Waals surface area contributed by atoms with Gasteiger partial charge in [0, 0.05) is 18.7 Å². The van der Waals surface area contributed by atoms with E-state index in [-0.39, 0.29) is 54.0 Å². The highest BCUT2D eigenvalue weighted by molar-refractivity contribution is 7.91. The van der Waals surface area contributed by atoms with E-state index in [4.69, 9.17) is 5.73 Å². The summed E-state index contributed by atoms with van der Waals surface area (Å²) < 4.78 is 61.9. The summed E-state index contributed by atoms with van der Waals surface area (Å²) >= 11 is 0. The molecule has 0 saturated carbocycles. The molecular weight excluding hydrogens is 381 g/mol. The molecule has 0 bridgehead atoms. The van der Waals surface area contributed by atoms with Crippen LogP contribution in [0.1, 0.15) is 31.4 Å². The molecule has 10 heteroatoms. The molecule has 1 aromatic carbocycles. The first-order chi connectivity index (χ1) is 10.9. The summed E-state index contributed by atoms with van der Waals surface area (Å²) in [7, 11) is -3.37. The number of hydrogen-bond donors (Lipinski definition) is 2. The van der Waals surface area contributed by atoms with Crippen LogP contribution in [0.4, 0.5) is 18.9 Å². The topological polar surface area (TPSA) is 89.3 Å². The van der Waals surface area contributed by atoms with E-state index in [1.807, 2.05) is 0 Å². The first-order valence-electron chi connectivity index (χ1n) is 7.34. The van der Waals surface area contributed by atoms with Gasteiger partial charge in [-0.15, -0.1) is 12.4 Å². The van der Waals surface area contributed by atoms with Crippen molar-refractivity contribution >= 4 is 33.8 Å². The molecule has 0 unspecified atom stereocenters. The monoisotopic (exact) mass is 402 g/mol. The predicted octanol–water partition coefficient (Wildman–Crippen LogP) is 2.99. The van der Waals surface area contributed by atoms with Crippen molar-refractivity contribution in [3.8, 4) is 0 Å². The Morgan fingerprint density at radius 3 is 2.32 bits per heavy atom. The van der Waals surface area contributed by atoms with E-state index in [1.165, 1.54) is 6.07 Å². The number of carbonyl (C=O) groups is 1. The molecule has 1 aromatic rings. The molecule has 5 nitrogen and oxygen atoms in total. The van der Waals surface area contributed by atoms with Gasteiger partial charge in [-0.1, -0.05) is 13.8 Å². The summed E-state index contributed by atoms with van der Waals surface area (Å²) in [5, 5.41) is 2.30. The Morgan fingerprint density at radius 1 is 1.24 bits per heavy atom. The Kier molecular flexibility index (Phi) is 8.90. The van der Waals surface area contributed by atoms with E-state index in [9.17, 15) is 26.4 Å². The Hall–Kier alpha value is -1.32. The Balaban J connectivity index is 0.00000576. The van der Waals surface area contributed by atoms with Gasteiger partial charge in [0.1, 0.15) is 0 Å². The third-order valence-electron chi connectivity index (χ3n) is 3.07. The summed E-state index contributed by atoms with van der Waals surface area (Å²) in [5.74, 6) is -1.11. The fourth-order valence-electron chi connectivity index (χ4n) is 2.11. The lowest BCUT2D eigenvalue weighted by molar-refractivity contribution is -0.137. The maximum Gasteiger partial charge on any atom is 0.416 e. The smallest absolute Gasteiger partial charge is 0.326 e. The predicted molar refractivity (Wildman–Crippen MR) is 93.3 cm³/mol. The fraction of sp³-hybridized carbons (Fsp3) is 0.533. The van der Waals surface area contributed by atoms with E-state index in [2.05, 4.69) is 5.32 Å². The lowest BCUT2D eigenvalue weighted by atomic mass is 10.1.